The van der Waals surface area contributed by atoms with E-state index in [1.165, 1.54) is 15.7 Å². The molecule has 1 saturated heterocycles. The van der Waals surface area contributed by atoms with Crippen molar-refractivity contribution in [3.63, 3.8) is 0 Å². The van der Waals surface area contributed by atoms with E-state index < -0.39 is 0 Å². The Bertz CT molecular complexity index is 417. The Morgan fingerprint density at radius 2 is 2.11 bits per heavy atom. The van der Waals surface area contributed by atoms with E-state index in [4.69, 9.17) is 0 Å². The van der Waals surface area contributed by atoms with Crippen LogP contribution in [-0.2, 0) is 0 Å². The molecule has 2 rings (SSSR count). The second-order valence-corrected chi connectivity index (χ2v) is 6.46. The lowest BCUT2D eigenvalue weighted by atomic mass is 9.99. The zero-order valence-corrected chi connectivity index (χ0v) is 13.3. The molecule has 0 bridgehead atoms. The lowest BCUT2D eigenvalue weighted by Crippen LogP contribution is -2.57. The summed E-state index contributed by atoms with van der Waals surface area (Å²) in [7, 11) is 0. The third-order valence-electron chi connectivity index (χ3n) is 3.89. The molecule has 2 atom stereocenters. The van der Waals surface area contributed by atoms with Crippen LogP contribution >= 0.6 is 15.9 Å². The van der Waals surface area contributed by atoms with Crippen LogP contribution in [0.2, 0.25) is 0 Å². The van der Waals surface area contributed by atoms with Gasteiger partial charge >= 0.3 is 0 Å². The number of hydrogen-bond donors (Lipinski definition) is 1. The standard InChI is InChI=1S/C15H23BrN2/c1-10(2)13-9-18(12(4)8-17-13)14-7-5-6-11(3)15(14)16/h5-7,10,12-13,17H,8-9H2,1-4H3. The van der Waals surface area contributed by atoms with Gasteiger partial charge in [0.05, 0.1) is 5.69 Å². The molecule has 1 aromatic carbocycles. The molecule has 2 nitrogen and oxygen atoms in total. The van der Waals surface area contributed by atoms with E-state index >= 15 is 0 Å². The fourth-order valence-corrected chi connectivity index (χ4v) is 3.02. The number of hydrogen-bond acceptors (Lipinski definition) is 2. The number of piperazine rings is 1. The van der Waals surface area contributed by atoms with Gasteiger partial charge in [0, 0.05) is 29.6 Å². The van der Waals surface area contributed by atoms with Gasteiger partial charge in [0.2, 0.25) is 0 Å². The van der Waals surface area contributed by atoms with Gasteiger partial charge in [-0.3, -0.25) is 0 Å². The maximum Gasteiger partial charge on any atom is 0.0516 e. The largest absolute Gasteiger partial charge is 0.365 e. The van der Waals surface area contributed by atoms with E-state index in [0.29, 0.717) is 18.0 Å². The summed E-state index contributed by atoms with van der Waals surface area (Å²) >= 11 is 3.74. The third kappa shape index (κ3) is 2.72. The molecule has 1 fully saturated rings. The van der Waals surface area contributed by atoms with Gasteiger partial charge in [0.1, 0.15) is 0 Å². The molecule has 2 unspecified atom stereocenters. The second-order valence-electron chi connectivity index (χ2n) is 5.67. The minimum absolute atomic E-state index is 0.540. The first-order valence-corrected chi connectivity index (χ1v) is 7.55. The van der Waals surface area contributed by atoms with Gasteiger partial charge in [-0.05, 0) is 47.3 Å². The average Bonchev–Trinajstić information content (AvgIpc) is 2.33. The van der Waals surface area contributed by atoms with Crippen molar-refractivity contribution in [2.24, 2.45) is 5.92 Å². The van der Waals surface area contributed by atoms with Gasteiger partial charge in [0.25, 0.3) is 0 Å². The van der Waals surface area contributed by atoms with Gasteiger partial charge in [0.15, 0.2) is 0 Å². The predicted molar refractivity (Wildman–Crippen MR) is 82.3 cm³/mol. The minimum Gasteiger partial charge on any atom is -0.365 e. The van der Waals surface area contributed by atoms with E-state index in [9.17, 15) is 0 Å². The summed E-state index contributed by atoms with van der Waals surface area (Å²) in [4.78, 5) is 2.53. The zero-order valence-electron chi connectivity index (χ0n) is 11.7. The molecule has 0 aromatic heterocycles. The first-order valence-electron chi connectivity index (χ1n) is 6.76. The maximum absolute atomic E-state index is 3.74. The van der Waals surface area contributed by atoms with Crippen LogP contribution in [0.15, 0.2) is 22.7 Å². The number of aryl methyl sites for hydroxylation is 1. The van der Waals surface area contributed by atoms with E-state index in [1.54, 1.807) is 0 Å². The summed E-state index contributed by atoms with van der Waals surface area (Å²) < 4.78 is 1.24. The highest BCUT2D eigenvalue weighted by atomic mass is 79.9. The van der Waals surface area contributed by atoms with Crippen LogP contribution in [0.25, 0.3) is 0 Å². The molecule has 18 heavy (non-hydrogen) atoms. The van der Waals surface area contributed by atoms with E-state index in [-0.39, 0.29) is 0 Å². The van der Waals surface area contributed by atoms with Crippen molar-refractivity contribution in [2.45, 2.75) is 39.8 Å². The van der Waals surface area contributed by atoms with E-state index in [1.807, 2.05) is 0 Å². The number of nitrogens with zero attached hydrogens (tertiary/aromatic N) is 1. The molecule has 100 valence electrons. The Labute approximate surface area is 119 Å². The van der Waals surface area contributed by atoms with Gasteiger partial charge in [-0.2, -0.15) is 0 Å². The van der Waals surface area contributed by atoms with Crippen LogP contribution in [0.1, 0.15) is 26.3 Å². The number of benzene rings is 1. The lowest BCUT2D eigenvalue weighted by molar-refractivity contribution is 0.336. The van der Waals surface area contributed by atoms with Crippen LogP contribution in [0.4, 0.5) is 5.69 Å². The predicted octanol–water partition coefficient (Wildman–Crippen LogP) is 3.58. The van der Waals surface area contributed by atoms with Crippen LogP contribution < -0.4 is 10.2 Å². The number of rotatable bonds is 2. The molecule has 1 aliphatic rings. The highest BCUT2D eigenvalue weighted by molar-refractivity contribution is 9.10. The highest BCUT2D eigenvalue weighted by Crippen LogP contribution is 2.32. The molecule has 0 amide bonds. The maximum atomic E-state index is 3.74. The van der Waals surface area contributed by atoms with Gasteiger partial charge < -0.3 is 10.2 Å². The summed E-state index contributed by atoms with van der Waals surface area (Å²) in [5.74, 6) is 0.670. The highest BCUT2D eigenvalue weighted by Gasteiger charge is 2.27. The summed E-state index contributed by atoms with van der Waals surface area (Å²) in [6, 6.07) is 7.64. The summed E-state index contributed by atoms with van der Waals surface area (Å²) in [6.07, 6.45) is 0. The number of nitrogens with one attached hydrogen (secondary N) is 1. The van der Waals surface area contributed by atoms with Crippen molar-refractivity contribution in [3.05, 3.63) is 28.2 Å². The molecule has 0 spiro atoms. The number of anilines is 1. The summed E-state index contributed by atoms with van der Waals surface area (Å²) in [5, 5.41) is 3.65. The van der Waals surface area contributed by atoms with Gasteiger partial charge in [-0.25, -0.2) is 0 Å². The molecule has 0 aliphatic carbocycles. The smallest absolute Gasteiger partial charge is 0.0516 e. The molecular formula is C15H23BrN2. The molecule has 0 saturated carbocycles. The van der Waals surface area contributed by atoms with Crippen LogP contribution in [0, 0.1) is 12.8 Å². The molecule has 1 heterocycles. The molecule has 1 aromatic rings. The molecule has 3 heteroatoms. The summed E-state index contributed by atoms with van der Waals surface area (Å²) in [6.45, 7) is 11.2. The molecule has 0 radical (unpaired) electrons. The molecule has 1 N–H and O–H groups in total. The topological polar surface area (TPSA) is 15.3 Å². The fraction of sp³-hybridized carbons (Fsp3) is 0.600. The molecule has 1 aliphatic heterocycles. The van der Waals surface area contributed by atoms with Crippen molar-refractivity contribution in [2.75, 3.05) is 18.0 Å². The SMILES string of the molecule is Cc1cccc(N2CC(C(C)C)NCC2C)c1Br. The van der Waals surface area contributed by atoms with Crippen molar-refractivity contribution in [1.82, 2.24) is 5.32 Å². The normalized spacial score (nSPS) is 24.7. The fourth-order valence-electron chi connectivity index (χ4n) is 2.52. The van der Waals surface area contributed by atoms with E-state index in [0.717, 1.165) is 13.1 Å². The Morgan fingerprint density at radius 3 is 2.78 bits per heavy atom. The Kier molecular flexibility index (Phi) is 4.33. The van der Waals surface area contributed by atoms with Gasteiger partial charge in [-0.15, -0.1) is 0 Å². The van der Waals surface area contributed by atoms with Crippen molar-refractivity contribution >= 4 is 21.6 Å². The Hall–Kier alpha value is -0.540. The third-order valence-corrected chi connectivity index (χ3v) is 4.92. The van der Waals surface area contributed by atoms with Crippen LogP contribution in [0.3, 0.4) is 0 Å². The molecular weight excluding hydrogens is 288 g/mol. The van der Waals surface area contributed by atoms with Crippen LogP contribution in [0.5, 0.6) is 0 Å². The number of halogens is 1. The first kappa shape index (κ1) is 13.9. The monoisotopic (exact) mass is 310 g/mol. The lowest BCUT2D eigenvalue weighted by Gasteiger charge is -2.42. The van der Waals surface area contributed by atoms with Crippen molar-refractivity contribution < 1.29 is 0 Å². The summed E-state index contributed by atoms with van der Waals surface area (Å²) in [5.41, 5.74) is 2.63. The Balaban J connectivity index is 2.27. The van der Waals surface area contributed by atoms with Crippen LogP contribution in [-0.4, -0.2) is 25.2 Å². The van der Waals surface area contributed by atoms with Gasteiger partial charge in [-0.1, -0.05) is 26.0 Å². The zero-order chi connectivity index (χ0) is 13.3. The van der Waals surface area contributed by atoms with Crippen molar-refractivity contribution in [1.29, 1.82) is 0 Å². The van der Waals surface area contributed by atoms with Crippen molar-refractivity contribution in [3.8, 4) is 0 Å². The second kappa shape index (κ2) is 5.62. The van der Waals surface area contributed by atoms with E-state index in [2.05, 4.69) is 72.0 Å². The quantitative estimate of drug-likeness (QED) is 0.898. The minimum atomic E-state index is 0.540. The Morgan fingerprint density at radius 1 is 1.39 bits per heavy atom. The average molecular weight is 311 g/mol. The first-order chi connectivity index (χ1) is 8.50.